The van der Waals surface area contributed by atoms with Gasteiger partial charge in [0.25, 0.3) is 0 Å². The van der Waals surface area contributed by atoms with Gasteiger partial charge in [0.2, 0.25) is 5.91 Å². The number of hydrogen-bond donors (Lipinski definition) is 1. The summed E-state index contributed by atoms with van der Waals surface area (Å²) in [5, 5.41) is 9.03. The molecule has 0 spiro atoms. The molecule has 1 rings (SSSR count). The van der Waals surface area contributed by atoms with Crippen molar-refractivity contribution in [3.8, 4) is 0 Å². The van der Waals surface area contributed by atoms with Crippen LogP contribution >= 0.6 is 0 Å². The molecule has 0 fully saturated rings. The lowest BCUT2D eigenvalue weighted by Gasteiger charge is -2.21. The van der Waals surface area contributed by atoms with Crippen LogP contribution in [0.15, 0.2) is 42.5 Å². The van der Waals surface area contributed by atoms with Gasteiger partial charge in [-0.25, -0.2) is 0 Å². The third-order valence-electron chi connectivity index (χ3n) is 2.70. The summed E-state index contributed by atoms with van der Waals surface area (Å²) in [4.78, 5) is 13.7. The van der Waals surface area contributed by atoms with Gasteiger partial charge >= 0.3 is 0 Å². The summed E-state index contributed by atoms with van der Waals surface area (Å²) in [6, 6.07) is 9.84. The zero-order valence-electron chi connectivity index (χ0n) is 10.9. The Hall–Kier alpha value is -1.61. The first-order valence-corrected chi connectivity index (χ1v) is 6.31. The molecule has 1 aromatic carbocycles. The molecule has 0 saturated carbocycles. The number of benzene rings is 1. The van der Waals surface area contributed by atoms with Crippen molar-refractivity contribution in [1.82, 2.24) is 4.90 Å². The lowest BCUT2D eigenvalue weighted by Crippen LogP contribution is -2.32. The van der Waals surface area contributed by atoms with E-state index in [4.69, 9.17) is 5.11 Å². The number of aliphatic hydroxyl groups is 1. The largest absolute Gasteiger partial charge is 0.395 e. The van der Waals surface area contributed by atoms with Crippen molar-refractivity contribution < 1.29 is 9.90 Å². The average Bonchev–Trinajstić information content (AvgIpc) is 2.39. The molecule has 1 aromatic rings. The summed E-state index contributed by atoms with van der Waals surface area (Å²) >= 11 is 0. The molecule has 3 heteroatoms. The highest BCUT2D eigenvalue weighted by molar-refractivity contribution is 5.76. The van der Waals surface area contributed by atoms with Crippen molar-refractivity contribution in [3.05, 3.63) is 48.0 Å². The maximum Gasteiger partial charge on any atom is 0.223 e. The summed E-state index contributed by atoms with van der Waals surface area (Å²) < 4.78 is 0. The van der Waals surface area contributed by atoms with Crippen molar-refractivity contribution in [2.24, 2.45) is 0 Å². The van der Waals surface area contributed by atoms with Gasteiger partial charge in [-0.1, -0.05) is 42.5 Å². The smallest absolute Gasteiger partial charge is 0.223 e. The summed E-state index contributed by atoms with van der Waals surface area (Å²) in [7, 11) is 0. The maximum atomic E-state index is 12.0. The van der Waals surface area contributed by atoms with Gasteiger partial charge in [-0.2, -0.15) is 0 Å². The highest BCUT2D eigenvalue weighted by Gasteiger charge is 2.12. The van der Waals surface area contributed by atoms with E-state index in [1.165, 1.54) is 0 Å². The Morgan fingerprint density at radius 1 is 1.33 bits per heavy atom. The lowest BCUT2D eigenvalue weighted by atomic mass is 10.2. The number of nitrogens with zero attached hydrogens (tertiary/aromatic N) is 1. The van der Waals surface area contributed by atoms with Crippen LogP contribution in [0, 0.1) is 0 Å². The Kier molecular flexibility index (Phi) is 6.81. The van der Waals surface area contributed by atoms with Crippen LogP contribution in [0.1, 0.15) is 25.3 Å². The van der Waals surface area contributed by atoms with Crippen LogP contribution in [0.25, 0.3) is 0 Å². The van der Waals surface area contributed by atoms with Crippen LogP contribution in [0.4, 0.5) is 0 Å². The number of aliphatic hydroxyl groups excluding tert-OH is 1. The van der Waals surface area contributed by atoms with Gasteiger partial charge in [0.15, 0.2) is 0 Å². The van der Waals surface area contributed by atoms with Gasteiger partial charge in [0, 0.05) is 19.5 Å². The molecule has 0 aliphatic heterocycles. The van der Waals surface area contributed by atoms with E-state index in [2.05, 4.69) is 0 Å². The molecule has 0 aromatic heterocycles. The SMILES string of the molecule is C/C=C/CCC(=O)N(CCO)Cc1ccccc1. The number of carbonyl (C=O) groups excluding carboxylic acids is 1. The third kappa shape index (κ3) is 5.15. The van der Waals surface area contributed by atoms with Crippen molar-refractivity contribution in [2.45, 2.75) is 26.3 Å². The van der Waals surface area contributed by atoms with E-state index in [1.807, 2.05) is 49.4 Å². The Morgan fingerprint density at radius 3 is 2.67 bits per heavy atom. The minimum Gasteiger partial charge on any atom is -0.395 e. The second-order valence-electron chi connectivity index (χ2n) is 4.13. The Balaban J connectivity index is 2.56. The predicted molar refractivity (Wildman–Crippen MR) is 73.0 cm³/mol. The predicted octanol–water partition coefficient (Wildman–Crippen LogP) is 2.36. The standard InChI is InChI=1S/C15H21NO2/c1-2-3-5-10-15(18)16(11-12-17)13-14-8-6-4-7-9-14/h2-4,6-9,17H,5,10-13H2,1H3/b3-2+. The first-order chi connectivity index (χ1) is 8.77. The van der Waals surface area contributed by atoms with Gasteiger partial charge in [0.1, 0.15) is 0 Å². The normalized spacial score (nSPS) is 10.8. The van der Waals surface area contributed by atoms with Crippen molar-refractivity contribution in [2.75, 3.05) is 13.2 Å². The fourth-order valence-electron chi connectivity index (χ4n) is 1.75. The van der Waals surface area contributed by atoms with E-state index < -0.39 is 0 Å². The molecule has 1 N–H and O–H groups in total. The quantitative estimate of drug-likeness (QED) is 0.751. The fourth-order valence-corrected chi connectivity index (χ4v) is 1.75. The molecule has 0 saturated heterocycles. The molecule has 1 amide bonds. The number of allylic oxidation sites excluding steroid dienone is 2. The first-order valence-electron chi connectivity index (χ1n) is 6.31. The van der Waals surface area contributed by atoms with Gasteiger partial charge in [-0.05, 0) is 18.9 Å². The Bertz CT molecular complexity index is 373. The van der Waals surface area contributed by atoms with Crippen LogP contribution in [-0.4, -0.2) is 29.1 Å². The molecule has 3 nitrogen and oxygen atoms in total. The molecule has 0 radical (unpaired) electrons. The number of carbonyl (C=O) groups is 1. The molecule has 0 atom stereocenters. The summed E-state index contributed by atoms with van der Waals surface area (Å²) in [6.45, 7) is 2.90. The van der Waals surface area contributed by atoms with Crippen LogP contribution < -0.4 is 0 Å². The summed E-state index contributed by atoms with van der Waals surface area (Å²) in [6.07, 6.45) is 5.18. The lowest BCUT2D eigenvalue weighted by molar-refractivity contribution is -0.132. The van der Waals surface area contributed by atoms with Gasteiger partial charge in [-0.15, -0.1) is 0 Å². The maximum absolute atomic E-state index is 12.0. The molecule has 0 aliphatic carbocycles. The minimum atomic E-state index is 0.00217. The van der Waals surface area contributed by atoms with E-state index >= 15 is 0 Å². The summed E-state index contributed by atoms with van der Waals surface area (Å²) in [5.41, 5.74) is 1.09. The number of amides is 1. The highest BCUT2D eigenvalue weighted by Crippen LogP contribution is 2.07. The molecular formula is C15H21NO2. The van der Waals surface area contributed by atoms with Crippen molar-refractivity contribution in [3.63, 3.8) is 0 Å². The van der Waals surface area contributed by atoms with E-state index in [0.717, 1.165) is 12.0 Å². The fraction of sp³-hybridized carbons (Fsp3) is 0.400. The van der Waals surface area contributed by atoms with E-state index in [-0.39, 0.29) is 12.5 Å². The zero-order valence-corrected chi connectivity index (χ0v) is 10.9. The van der Waals surface area contributed by atoms with Gasteiger partial charge in [0.05, 0.1) is 6.61 Å². The average molecular weight is 247 g/mol. The zero-order chi connectivity index (χ0) is 13.2. The molecule has 0 aliphatic rings. The minimum absolute atomic E-state index is 0.00217. The number of hydrogen-bond acceptors (Lipinski definition) is 2. The first kappa shape index (κ1) is 14.5. The Morgan fingerprint density at radius 2 is 2.06 bits per heavy atom. The molecular weight excluding hydrogens is 226 g/mol. The highest BCUT2D eigenvalue weighted by atomic mass is 16.3. The molecule has 18 heavy (non-hydrogen) atoms. The topological polar surface area (TPSA) is 40.5 Å². The monoisotopic (exact) mass is 247 g/mol. The van der Waals surface area contributed by atoms with Crippen LogP contribution in [0.3, 0.4) is 0 Å². The van der Waals surface area contributed by atoms with Gasteiger partial charge in [-0.3, -0.25) is 4.79 Å². The van der Waals surface area contributed by atoms with Gasteiger partial charge < -0.3 is 10.0 Å². The van der Waals surface area contributed by atoms with Crippen LogP contribution in [-0.2, 0) is 11.3 Å². The van der Waals surface area contributed by atoms with Crippen molar-refractivity contribution in [1.29, 1.82) is 0 Å². The van der Waals surface area contributed by atoms with Crippen molar-refractivity contribution >= 4 is 5.91 Å². The molecule has 98 valence electrons. The second-order valence-corrected chi connectivity index (χ2v) is 4.13. The molecule has 0 heterocycles. The van der Waals surface area contributed by atoms with Crippen LogP contribution in [0.5, 0.6) is 0 Å². The van der Waals surface area contributed by atoms with E-state index in [1.54, 1.807) is 4.90 Å². The second kappa shape index (κ2) is 8.48. The Labute approximate surface area is 109 Å². The third-order valence-corrected chi connectivity index (χ3v) is 2.70. The molecule has 0 bridgehead atoms. The van der Waals surface area contributed by atoms with Crippen LogP contribution in [0.2, 0.25) is 0 Å². The summed E-state index contributed by atoms with van der Waals surface area (Å²) in [5.74, 6) is 0.0889. The number of rotatable bonds is 7. The molecule has 0 unspecified atom stereocenters. The van der Waals surface area contributed by atoms with E-state index in [9.17, 15) is 4.79 Å². The van der Waals surface area contributed by atoms with E-state index in [0.29, 0.717) is 19.5 Å².